The molecule has 3 heterocycles. The number of pyridine rings is 1. The van der Waals surface area contributed by atoms with Crippen LogP contribution in [0.1, 0.15) is 18.7 Å². The first kappa shape index (κ1) is 18.5. The van der Waals surface area contributed by atoms with Crippen molar-refractivity contribution < 1.29 is 22.1 Å². The summed E-state index contributed by atoms with van der Waals surface area (Å²) in [7, 11) is -3.73. The Labute approximate surface area is 161 Å². The summed E-state index contributed by atoms with van der Waals surface area (Å²) in [4.78, 5) is 8.34. The number of rotatable bonds is 6. The molecule has 0 N–H and O–H groups in total. The number of hydrogen-bond acceptors (Lipinski definition) is 7. The maximum atomic E-state index is 13.0. The molecular weight excluding hydrogens is 387 g/mol. The van der Waals surface area contributed by atoms with Gasteiger partial charge in [-0.1, -0.05) is 5.16 Å². The molecule has 10 heteroatoms. The minimum atomic E-state index is -3.73. The first-order valence-electron chi connectivity index (χ1n) is 8.66. The molecule has 4 rings (SSSR count). The fourth-order valence-electron chi connectivity index (χ4n) is 2.86. The van der Waals surface area contributed by atoms with Crippen LogP contribution in [0.3, 0.4) is 0 Å². The SMILES string of the molecule is CCOc1ncccc1S(=O)(=O)N1CC(c2nc(-c3ccc(F)cc3)no2)C1. The highest BCUT2D eigenvalue weighted by atomic mass is 32.2. The molecule has 0 bridgehead atoms. The molecule has 0 radical (unpaired) electrons. The Bertz CT molecular complexity index is 1080. The first-order chi connectivity index (χ1) is 13.5. The van der Waals surface area contributed by atoms with Crippen molar-refractivity contribution in [3.63, 3.8) is 0 Å². The van der Waals surface area contributed by atoms with E-state index in [0.29, 0.717) is 23.9 Å². The van der Waals surface area contributed by atoms with E-state index in [2.05, 4.69) is 15.1 Å². The zero-order valence-electron chi connectivity index (χ0n) is 14.9. The van der Waals surface area contributed by atoms with Gasteiger partial charge in [0.25, 0.3) is 0 Å². The van der Waals surface area contributed by atoms with Crippen LogP contribution < -0.4 is 4.74 Å². The number of ether oxygens (including phenoxy) is 1. The summed E-state index contributed by atoms with van der Waals surface area (Å²) in [6.45, 7) is 2.51. The second-order valence-corrected chi connectivity index (χ2v) is 8.13. The molecular formula is C18H17FN4O4S. The molecule has 1 saturated heterocycles. The molecule has 0 atom stereocenters. The summed E-state index contributed by atoms with van der Waals surface area (Å²) in [6, 6.07) is 8.76. The van der Waals surface area contributed by atoms with Gasteiger partial charge in [-0.2, -0.15) is 9.29 Å². The monoisotopic (exact) mass is 404 g/mol. The normalized spacial score (nSPS) is 15.4. The third kappa shape index (κ3) is 3.36. The summed E-state index contributed by atoms with van der Waals surface area (Å²) in [6.07, 6.45) is 1.48. The van der Waals surface area contributed by atoms with Gasteiger partial charge in [-0.05, 0) is 43.3 Å². The highest BCUT2D eigenvalue weighted by Gasteiger charge is 2.41. The Morgan fingerprint density at radius 1 is 1.25 bits per heavy atom. The lowest BCUT2D eigenvalue weighted by atomic mass is 10.0. The average Bonchev–Trinajstić information content (AvgIpc) is 3.11. The molecule has 8 nitrogen and oxygen atoms in total. The van der Waals surface area contributed by atoms with E-state index in [4.69, 9.17) is 9.26 Å². The van der Waals surface area contributed by atoms with Crippen molar-refractivity contribution in [3.8, 4) is 17.3 Å². The van der Waals surface area contributed by atoms with E-state index in [9.17, 15) is 12.8 Å². The Balaban J connectivity index is 1.48. The van der Waals surface area contributed by atoms with Crippen molar-refractivity contribution >= 4 is 10.0 Å². The van der Waals surface area contributed by atoms with Gasteiger partial charge in [0.1, 0.15) is 10.7 Å². The van der Waals surface area contributed by atoms with Crippen molar-refractivity contribution in [1.82, 2.24) is 19.4 Å². The molecule has 146 valence electrons. The second-order valence-electron chi connectivity index (χ2n) is 6.22. The van der Waals surface area contributed by atoms with Crippen molar-refractivity contribution in [3.05, 3.63) is 54.3 Å². The molecule has 0 unspecified atom stereocenters. The van der Waals surface area contributed by atoms with Gasteiger partial charge in [0, 0.05) is 24.8 Å². The maximum Gasteiger partial charge on any atom is 0.248 e. The summed E-state index contributed by atoms with van der Waals surface area (Å²) >= 11 is 0. The highest BCUT2D eigenvalue weighted by molar-refractivity contribution is 7.89. The van der Waals surface area contributed by atoms with Crippen molar-refractivity contribution in [1.29, 1.82) is 0 Å². The lowest BCUT2D eigenvalue weighted by Crippen LogP contribution is -2.48. The number of aromatic nitrogens is 3. The minimum Gasteiger partial charge on any atom is -0.477 e. The van der Waals surface area contributed by atoms with Crippen LogP contribution in [0.4, 0.5) is 4.39 Å². The van der Waals surface area contributed by atoms with Crippen LogP contribution in [-0.2, 0) is 10.0 Å². The van der Waals surface area contributed by atoms with Crippen LogP contribution in [0, 0.1) is 5.82 Å². The van der Waals surface area contributed by atoms with Crippen LogP contribution in [0.5, 0.6) is 5.88 Å². The van der Waals surface area contributed by atoms with E-state index < -0.39 is 10.0 Å². The standard InChI is InChI=1S/C18H17FN4O4S/c1-2-26-18-15(4-3-9-20-18)28(24,25)23-10-13(11-23)17-21-16(22-27-17)12-5-7-14(19)8-6-12/h3-9,13H,2,10-11H2,1H3. The molecule has 3 aromatic rings. The molecule has 0 aliphatic carbocycles. The van der Waals surface area contributed by atoms with Gasteiger partial charge in [0.05, 0.1) is 12.5 Å². The van der Waals surface area contributed by atoms with E-state index in [1.165, 1.54) is 28.7 Å². The number of benzene rings is 1. The zero-order valence-corrected chi connectivity index (χ0v) is 15.8. The fourth-order valence-corrected chi connectivity index (χ4v) is 4.48. The Morgan fingerprint density at radius 3 is 2.71 bits per heavy atom. The Kier molecular flexibility index (Phi) is 4.82. The molecule has 0 saturated carbocycles. The summed E-state index contributed by atoms with van der Waals surface area (Å²) < 4.78 is 50.6. The molecule has 1 aromatic carbocycles. The number of hydrogen-bond donors (Lipinski definition) is 0. The predicted octanol–water partition coefficient (Wildman–Crippen LogP) is 2.46. The smallest absolute Gasteiger partial charge is 0.248 e. The summed E-state index contributed by atoms with van der Waals surface area (Å²) in [5.41, 5.74) is 0.622. The molecule has 1 aliphatic rings. The van der Waals surface area contributed by atoms with Crippen LogP contribution in [0.15, 0.2) is 52.0 Å². The Hall–Kier alpha value is -2.85. The first-order valence-corrected chi connectivity index (χ1v) is 10.1. The van der Waals surface area contributed by atoms with Crippen molar-refractivity contribution in [2.75, 3.05) is 19.7 Å². The molecule has 0 spiro atoms. The zero-order chi connectivity index (χ0) is 19.7. The summed E-state index contributed by atoms with van der Waals surface area (Å²) in [5, 5.41) is 3.90. The minimum absolute atomic E-state index is 0.0350. The number of nitrogens with zero attached hydrogens (tertiary/aromatic N) is 4. The number of sulfonamides is 1. The quantitative estimate of drug-likeness (QED) is 0.622. The summed E-state index contributed by atoms with van der Waals surface area (Å²) in [5.74, 6) is 0.215. The van der Waals surface area contributed by atoms with Gasteiger partial charge in [-0.15, -0.1) is 0 Å². The third-order valence-corrected chi connectivity index (χ3v) is 6.22. The largest absolute Gasteiger partial charge is 0.477 e. The van der Waals surface area contributed by atoms with E-state index in [1.54, 1.807) is 25.1 Å². The van der Waals surface area contributed by atoms with Gasteiger partial charge in [-0.3, -0.25) is 0 Å². The van der Waals surface area contributed by atoms with E-state index in [1.807, 2.05) is 0 Å². The maximum absolute atomic E-state index is 13.0. The van der Waals surface area contributed by atoms with Gasteiger partial charge in [0.2, 0.25) is 27.6 Å². The van der Waals surface area contributed by atoms with Gasteiger partial charge in [0.15, 0.2) is 0 Å². The molecule has 0 amide bonds. The average molecular weight is 404 g/mol. The van der Waals surface area contributed by atoms with Crippen LogP contribution in [0.25, 0.3) is 11.4 Å². The molecule has 1 aliphatic heterocycles. The van der Waals surface area contributed by atoms with Gasteiger partial charge in [-0.25, -0.2) is 17.8 Å². The molecule has 1 fully saturated rings. The predicted molar refractivity (Wildman–Crippen MR) is 96.6 cm³/mol. The second kappa shape index (κ2) is 7.28. The van der Waals surface area contributed by atoms with Crippen LogP contribution >= 0.6 is 0 Å². The molecule has 2 aromatic heterocycles. The molecule has 28 heavy (non-hydrogen) atoms. The van der Waals surface area contributed by atoms with Gasteiger partial charge < -0.3 is 9.26 Å². The number of halogens is 1. The lowest BCUT2D eigenvalue weighted by Gasteiger charge is -2.35. The fraction of sp³-hybridized carbons (Fsp3) is 0.278. The van der Waals surface area contributed by atoms with Gasteiger partial charge >= 0.3 is 0 Å². The van der Waals surface area contributed by atoms with E-state index in [0.717, 1.165) is 0 Å². The lowest BCUT2D eigenvalue weighted by molar-refractivity contribution is 0.216. The van der Waals surface area contributed by atoms with Crippen molar-refractivity contribution in [2.24, 2.45) is 0 Å². The van der Waals surface area contributed by atoms with Crippen molar-refractivity contribution in [2.45, 2.75) is 17.7 Å². The highest BCUT2D eigenvalue weighted by Crippen LogP contribution is 2.34. The van der Waals surface area contributed by atoms with Crippen LogP contribution in [-0.4, -0.2) is 47.5 Å². The van der Waals surface area contributed by atoms with Crippen LogP contribution in [0.2, 0.25) is 0 Å². The van der Waals surface area contributed by atoms with E-state index in [-0.39, 0.29) is 35.6 Å². The Morgan fingerprint density at radius 2 is 2.00 bits per heavy atom. The van der Waals surface area contributed by atoms with E-state index >= 15 is 0 Å². The third-order valence-electron chi connectivity index (χ3n) is 4.38. The topological polar surface area (TPSA) is 98.4 Å².